The van der Waals surface area contributed by atoms with Crippen LogP contribution in [0, 0.1) is 0 Å². The van der Waals surface area contributed by atoms with Gasteiger partial charge in [0.15, 0.2) is 6.10 Å². The topological polar surface area (TPSA) is 64.6 Å². The van der Waals surface area contributed by atoms with Crippen molar-refractivity contribution in [2.45, 2.75) is 18.3 Å². The summed E-state index contributed by atoms with van der Waals surface area (Å²) in [5, 5.41) is 3.27. The van der Waals surface area contributed by atoms with Crippen LogP contribution in [0.5, 0.6) is 0 Å². The van der Waals surface area contributed by atoms with E-state index in [1.807, 2.05) is 54.6 Å². The number of esters is 1. The molecule has 0 unspecified atom stereocenters. The van der Waals surface area contributed by atoms with Crippen LogP contribution in [0.2, 0.25) is 5.02 Å². The van der Waals surface area contributed by atoms with Gasteiger partial charge in [-0.1, -0.05) is 54.1 Å². The number of hydrogen-bond donors (Lipinski definition) is 1. The standard InChI is InChI=1S/C21H24ClNO4S/c1-15(21(25)23-12-13-26-2)27-19(24)14-28-20(16-6-4-3-5-7-16)17-8-10-18(22)11-9-17/h3-11,15,20H,12-14H2,1-2H3,(H,23,25)/t15-,20+/m1/s1. The Morgan fingerprint density at radius 1 is 1.07 bits per heavy atom. The lowest BCUT2D eigenvalue weighted by atomic mass is 10.0. The number of ether oxygens (including phenoxy) is 2. The van der Waals surface area contributed by atoms with E-state index in [4.69, 9.17) is 21.1 Å². The number of amides is 1. The molecule has 2 atom stereocenters. The number of benzene rings is 2. The molecule has 0 bridgehead atoms. The van der Waals surface area contributed by atoms with Crippen LogP contribution in [-0.4, -0.2) is 44.0 Å². The number of halogens is 1. The molecule has 0 aromatic heterocycles. The van der Waals surface area contributed by atoms with E-state index in [0.717, 1.165) is 11.1 Å². The van der Waals surface area contributed by atoms with Crippen LogP contribution in [-0.2, 0) is 19.1 Å². The van der Waals surface area contributed by atoms with E-state index in [-0.39, 0.29) is 16.9 Å². The summed E-state index contributed by atoms with van der Waals surface area (Å²) < 4.78 is 10.1. The smallest absolute Gasteiger partial charge is 0.316 e. The number of hydrogen-bond acceptors (Lipinski definition) is 5. The Hall–Kier alpha value is -2.02. The van der Waals surface area contributed by atoms with Gasteiger partial charge in [-0.3, -0.25) is 9.59 Å². The summed E-state index contributed by atoms with van der Waals surface area (Å²) in [7, 11) is 1.55. The Labute approximate surface area is 174 Å². The van der Waals surface area contributed by atoms with E-state index < -0.39 is 12.1 Å². The van der Waals surface area contributed by atoms with E-state index in [9.17, 15) is 9.59 Å². The summed E-state index contributed by atoms with van der Waals surface area (Å²) in [5.74, 6) is -0.653. The molecule has 2 aromatic rings. The van der Waals surface area contributed by atoms with Gasteiger partial charge in [0, 0.05) is 18.7 Å². The fourth-order valence-corrected chi connectivity index (χ4v) is 3.70. The van der Waals surface area contributed by atoms with Gasteiger partial charge in [-0.05, 0) is 30.2 Å². The van der Waals surface area contributed by atoms with Crippen molar-refractivity contribution < 1.29 is 19.1 Å². The Balaban J connectivity index is 1.96. The van der Waals surface area contributed by atoms with Crippen LogP contribution in [0.4, 0.5) is 0 Å². The van der Waals surface area contributed by atoms with Crippen molar-refractivity contribution in [1.29, 1.82) is 0 Å². The highest BCUT2D eigenvalue weighted by Gasteiger charge is 2.20. The first kappa shape index (κ1) is 22.3. The minimum atomic E-state index is -0.851. The van der Waals surface area contributed by atoms with Crippen LogP contribution < -0.4 is 5.32 Å². The predicted molar refractivity (Wildman–Crippen MR) is 113 cm³/mol. The lowest BCUT2D eigenvalue weighted by Gasteiger charge is -2.18. The molecule has 0 aliphatic heterocycles. The fraction of sp³-hybridized carbons (Fsp3) is 0.333. The minimum absolute atomic E-state index is 0.0446. The van der Waals surface area contributed by atoms with Crippen LogP contribution in [0.1, 0.15) is 23.3 Å². The summed E-state index contributed by atoms with van der Waals surface area (Å²) in [5.41, 5.74) is 2.12. The molecule has 0 radical (unpaired) electrons. The summed E-state index contributed by atoms with van der Waals surface area (Å²) in [6.45, 7) is 2.33. The second-order valence-electron chi connectivity index (χ2n) is 6.07. The summed E-state index contributed by atoms with van der Waals surface area (Å²) >= 11 is 7.44. The van der Waals surface area contributed by atoms with Crippen LogP contribution in [0.3, 0.4) is 0 Å². The molecule has 0 saturated carbocycles. The van der Waals surface area contributed by atoms with Crippen LogP contribution in [0.15, 0.2) is 54.6 Å². The molecule has 1 N–H and O–H groups in total. The molecule has 0 saturated heterocycles. The van der Waals surface area contributed by atoms with E-state index in [1.54, 1.807) is 14.0 Å². The third kappa shape index (κ3) is 7.19. The van der Waals surface area contributed by atoms with Gasteiger partial charge in [-0.25, -0.2) is 0 Å². The maximum absolute atomic E-state index is 12.2. The van der Waals surface area contributed by atoms with E-state index >= 15 is 0 Å². The van der Waals surface area contributed by atoms with Crippen molar-refractivity contribution in [1.82, 2.24) is 5.32 Å². The van der Waals surface area contributed by atoms with Crippen molar-refractivity contribution in [3.63, 3.8) is 0 Å². The van der Waals surface area contributed by atoms with Crippen molar-refractivity contribution in [2.24, 2.45) is 0 Å². The third-order valence-corrected chi connectivity index (χ3v) is 5.46. The number of methoxy groups -OCH3 is 1. The minimum Gasteiger partial charge on any atom is -0.452 e. The van der Waals surface area contributed by atoms with Crippen molar-refractivity contribution >= 4 is 35.2 Å². The van der Waals surface area contributed by atoms with Gasteiger partial charge in [0.1, 0.15) is 0 Å². The fourth-order valence-electron chi connectivity index (χ4n) is 2.51. The van der Waals surface area contributed by atoms with Crippen molar-refractivity contribution in [2.75, 3.05) is 26.0 Å². The molecule has 0 spiro atoms. The molecule has 28 heavy (non-hydrogen) atoms. The number of nitrogens with one attached hydrogen (secondary N) is 1. The SMILES string of the molecule is COCCNC(=O)[C@@H](C)OC(=O)CS[C@@H](c1ccccc1)c1ccc(Cl)cc1. The zero-order valence-corrected chi connectivity index (χ0v) is 17.5. The van der Waals surface area contributed by atoms with E-state index in [0.29, 0.717) is 18.2 Å². The van der Waals surface area contributed by atoms with Crippen molar-refractivity contribution in [3.05, 3.63) is 70.7 Å². The molecular weight excluding hydrogens is 398 g/mol. The molecule has 0 heterocycles. The van der Waals surface area contributed by atoms with Crippen molar-refractivity contribution in [3.8, 4) is 0 Å². The number of carbonyl (C=O) groups excluding carboxylic acids is 2. The number of thioether (sulfide) groups is 1. The van der Waals surface area contributed by atoms with Gasteiger partial charge in [0.05, 0.1) is 17.6 Å². The average Bonchev–Trinajstić information content (AvgIpc) is 2.70. The van der Waals surface area contributed by atoms with Gasteiger partial charge < -0.3 is 14.8 Å². The molecule has 2 aromatic carbocycles. The number of rotatable bonds is 10. The summed E-state index contributed by atoms with van der Waals surface area (Å²) in [4.78, 5) is 24.1. The Kier molecular flexibility index (Phi) is 9.34. The first-order valence-corrected chi connectivity index (χ1v) is 10.3. The van der Waals surface area contributed by atoms with E-state index in [2.05, 4.69) is 5.32 Å². The first-order chi connectivity index (χ1) is 13.5. The largest absolute Gasteiger partial charge is 0.452 e. The molecule has 2 rings (SSSR count). The Bertz CT molecular complexity index is 755. The lowest BCUT2D eigenvalue weighted by Crippen LogP contribution is -2.37. The van der Waals surface area contributed by atoms with Gasteiger partial charge in [0.25, 0.3) is 5.91 Å². The lowest BCUT2D eigenvalue weighted by molar-refractivity contribution is -0.152. The predicted octanol–water partition coefficient (Wildman–Crippen LogP) is 3.86. The maximum Gasteiger partial charge on any atom is 0.316 e. The van der Waals surface area contributed by atoms with Gasteiger partial charge >= 0.3 is 5.97 Å². The molecule has 0 fully saturated rings. The highest BCUT2D eigenvalue weighted by molar-refractivity contribution is 8.00. The molecule has 5 nitrogen and oxygen atoms in total. The average molecular weight is 422 g/mol. The zero-order chi connectivity index (χ0) is 20.4. The van der Waals surface area contributed by atoms with Gasteiger partial charge in [-0.2, -0.15) is 0 Å². The normalized spacial score (nSPS) is 12.8. The Morgan fingerprint density at radius 3 is 2.36 bits per heavy atom. The van der Waals surface area contributed by atoms with Crippen LogP contribution >= 0.6 is 23.4 Å². The number of carbonyl (C=O) groups is 2. The quantitative estimate of drug-likeness (QED) is 0.466. The van der Waals surface area contributed by atoms with E-state index in [1.165, 1.54) is 11.8 Å². The second kappa shape index (κ2) is 11.7. The molecule has 7 heteroatoms. The van der Waals surface area contributed by atoms with Gasteiger partial charge in [-0.15, -0.1) is 11.8 Å². The summed E-state index contributed by atoms with van der Waals surface area (Å²) in [6, 6.07) is 17.5. The molecule has 0 aliphatic rings. The molecule has 0 aliphatic carbocycles. The zero-order valence-electron chi connectivity index (χ0n) is 15.9. The monoisotopic (exact) mass is 421 g/mol. The molecule has 150 valence electrons. The summed E-state index contributed by atoms with van der Waals surface area (Å²) in [6.07, 6.45) is -0.851. The van der Waals surface area contributed by atoms with Gasteiger partial charge in [0.2, 0.25) is 0 Å². The highest BCUT2D eigenvalue weighted by atomic mass is 35.5. The third-order valence-electron chi connectivity index (χ3n) is 3.93. The molecule has 1 amide bonds. The second-order valence-corrected chi connectivity index (χ2v) is 7.60. The van der Waals surface area contributed by atoms with Crippen LogP contribution in [0.25, 0.3) is 0 Å². The molecular formula is C21H24ClNO4S. The first-order valence-electron chi connectivity index (χ1n) is 8.89. The highest BCUT2D eigenvalue weighted by Crippen LogP contribution is 2.36. The maximum atomic E-state index is 12.2. The Morgan fingerprint density at radius 2 is 1.71 bits per heavy atom.